The number of fused-ring (bicyclic) bond motifs is 1. The first kappa shape index (κ1) is 14.3. The Balaban J connectivity index is 2.25. The zero-order valence-corrected chi connectivity index (χ0v) is 11.6. The molecule has 0 aromatic heterocycles. The van der Waals surface area contributed by atoms with Crippen LogP contribution >= 0.6 is 0 Å². The topological polar surface area (TPSA) is 81.5 Å². The standard InChI is InChI=1S/C14H18N2O4/c1-3-14(17)15-11-5-4-9-8-13(20-2)12(16(18)19)7-10(9)6-11/h7-8,11H,3-6H2,1-2H3,(H,15,17)/t11-/m1/s1. The quantitative estimate of drug-likeness (QED) is 0.674. The van der Waals surface area contributed by atoms with E-state index in [9.17, 15) is 14.9 Å². The van der Waals surface area contributed by atoms with Crippen molar-refractivity contribution in [2.24, 2.45) is 0 Å². The Morgan fingerprint density at radius 2 is 2.25 bits per heavy atom. The second-order valence-corrected chi connectivity index (χ2v) is 4.91. The van der Waals surface area contributed by atoms with Crippen LogP contribution in [0, 0.1) is 10.1 Å². The van der Waals surface area contributed by atoms with E-state index in [2.05, 4.69) is 5.32 Å². The lowest BCUT2D eigenvalue weighted by Gasteiger charge is -2.25. The molecule has 0 heterocycles. The summed E-state index contributed by atoms with van der Waals surface area (Å²) < 4.78 is 5.07. The second kappa shape index (κ2) is 5.90. The molecule has 6 nitrogen and oxygen atoms in total. The van der Waals surface area contributed by atoms with Crippen LogP contribution in [-0.4, -0.2) is 24.0 Å². The van der Waals surface area contributed by atoms with Crippen LogP contribution in [0.15, 0.2) is 12.1 Å². The molecule has 1 aliphatic rings. The lowest BCUT2D eigenvalue weighted by atomic mass is 9.87. The molecule has 2 rings (SSSR count). The first-order valence-electron chi connectivity index (χ1n) is 6.68. The maximum atomic E-state index is 11.4. The van der Waals surface area contributed by atoms with Gasteiger partial charge in [-0.2, -0.15) is 0 Å². The first-order chi connectivity index (χ1) is 9.55. The predicted molar refractivity (Wildman–Crippen MR) is 73.9 cm³/mol. The summed E-state index contributed by atoms with van der Waals surface area (Å²) in [6.07, 6.45) is 2.72. The summed E-state index contributed by atoms with van der Waals surface area (Å²) in [4.78, 5) is 22.0. The summed E-state index contributed by atoms with van der Waals surface area (Å²) in [6.45, 7) is 1.81. The molecule has 6 heteroatoms. The SMILES string of the molecule is CCC(=O)N[C@@H]1CCc2cc(OC)c([N+](=O)[O-])cc2C1. The van der Waals surface area contributed by atoms with Crippen LogP contribution in [-0.2, 0) is 17.6 Å². The molecule has 1 N–H and O–H groups in total. The number of nitrogens with one attached hydrogen (secondary N) is 1. The van der Waals surface area contributed by atoms with Gasteiger partial charge in [0, 0.05) is 18.5 Å². The highest BCUT2D eigenvalue weighted by Crippen LogP contribution is 2.33. The maximum absolute atomic E-state index is 11.4. The van der Waals surface area contributed by atoms with Crippen molar-refractivity contribution in [1.29, 1.82) is 0 Å². The Kier molecular flexibility index (Phi) is 4.22. The number of carbonyl (C=O) groups is 1. The number of aryl methyl sites for hydroxylation is 1. The number of nitrogens with zero attached hydrogens (tertiary/aromatic N) is 1. The molecular formula is C14H18N2O4. The maximum Gasteiger partial charge on any atom is 0.311 e. The van der Waals surface area contributed by atoms with Gasteiger partial charge in [-0.1, -0.05) is 6.92 Å². The molecule has 0 spiro atoms. The van der Waals surface area contributed by atoms with Gasteiger partial charge in [0.2, 0.25) is 5.91 Å². The van der Waals surface area contributed by atoms with Crippen LogP contribution in [0.5, 0.6) is 5.75 Å². The number of ether oxygens (including phenoxy) is 1. The molecule has 1 atom stereocenters. The van der Waals surface area contributed by atoms with Crippen LogP contribution in [0.2, 0.25) is 0 Å². The monoisotopic (exact) mass is 278 g/mol. The van der Waals surface area contributed by atoms with Gasteiger partial charge in [0.1, 0.15) is 0 Å². The first-order valence-corrected chi connectivity index (χ1v) is 6.68. The molecule has 0 unspecified atom stereocenters. The molecule has 0 aliphatic heterocycles. The van der Waals surface area contributed by atoms with Gasteiger partial charge in [0.15, 0.2) is 5.75 Å². The van der Waals surface area contributed by atoms with Gasteiger partial charge in [0.05, 0.1) is 12.0 Å². The van der Waals surface area contributed by atoms with Crippen LogP contribution in [0.25, 0.3) is 0 Å². The minimum Gasteiger partial charge on any atom is -0.490 e. The molecule has 0 saturated carbocycles. The zero-order valence-electron chi connectivity index (χ0n) is 11.6. The Bertz CT molecular complexity index is 542. The Hall–Kier alpha value is -2.11. The number of nitro benzene ring substituents is 1. The Labute approximate surface area is 117 Å². The second-order valence-electron chi connectivity index (χ2n) is 4.91. The zero-order chi connectivity index (χ0) is 14.7. The lowest BCUT2D eigenvalue weighted by molar-refractivity contribution is -0.385. The van der Waals surface area contributed by atoms with Crippen molar-refractivity contribution in [1.82, 2.24) is 5.32 Å². The minimum absolute atomic E-state index is 0.0152. The normalized spacial score (nSPS) is 17.2. The summed E-state index contributed by atoms with van der Waals surface area (Å²) in [5, 5.41) is 14.0. The van der Waals surface area contributed by atoms with Gasteiger partial charge < -0.3 is 10.1 Å². The van der Waals surface area contributed by atoms with E-state index in [0.29, 0.717) is 18.6 Å². The molecule has 1 aromatic rings. The molecule has 1 aromatic carbocycles. The fraction of sp³-hybridized carbons (Fsp3) is 0.500. The van der Waals surface area contributed by atoms with Crippen molar-refractivity contribution in [3.8, 4) is 5.75 Å². The molecule has 20 heavy (non-hydrogen) atoms. The molecule has 108 valence electrons. The number of benzene rings is 1. The van der Waals surface area contributed by atoms with Crippen molar-refractivity contribution in [3.05, 3.63) is 33.4 Å². The van der Waals surface area contributed by atoms with Crippen LogP contribution in [0.4, 0.5) is 5.69 Å². The summed E-state index contributed by atoms with van der Waals surface area (Å²) in [5.74, 6) is 0.311. The van der Waals surface area contributed by atoms with Crippen molar-refractivity contribution in [3.63, 3.8) is 0 Å². The lowest BCUT2D eigenvalue weighted by Crippen LogP contribution is -2.38. The highest BCUT2D eigenvalue weighted by Gasteiger charge is 2.25. The minimum atomic E-state index is -0.437. The van der Waals surface area contributed by atoms with Crippen molar-refractivity contribution < 1.29 is 14.5 Å². The molecule has 0 radical (unpaired) electrons. The fourth-order valence-electron chi connectivity index (χ4n) is 2.53. The summed E-state index contributed by atoms with van der Waals surface area (Å²) >= 11 is 0. The van der Waals surface area contributed by atoms with Gasteiger partial charge in [-0.25, -0.2) is 0 Å². The number of hydrogen-bond donors (Lipinski definition) is 1. The van der Waals surface area contributed by atoms with E-state index in [1.165, 1.54) is 7.11 Å². The average molecular weight is 278 g/mol. The summed E-state index contributed by atoms with van der Waals surface area (Å²) in [7, 11) is 1.43. The Morgan fingerprint density at radius 1 is 1.50 bits per heavy atom. The van der Waals surface area contributed by atoms with E-state index in [0.717, 1.165) is 24.0 Å². The van der Waals surface area contributed by atoms with E-state index in [-0.39, 0.29) is 17.6 Å². The molecule has 0 saturated heterocycles. The van der Waals surface area contributed by atoms with Crippen molar-refractivity contribution >= 4 is 11.6 Å². The van der Waals surface area contributed by atoms with E-state index >= 15 is 0 Å². The van der Waals surface area contributed by atoms with Gasteiger partial charge in [0.25, 0.3) is 0 Å². The van der Waals surface area contributed by atoms with Gasteiger partial charge in [-0.05, 0) is 36.5 Å². The van der Waals surface area contributed by atoms with E-state index < -0.39 is 4.92 Å². The van der Waals surface area contributed by atoms with Crippen LogP contribution in [0.1, 0.15) is 30.9 Å². The highest BCUT2D eigenvalue weighted by molar-refractivity contribution is 5.76. The predicted octanol–water partition coefficient (Wildman–Crippen LogP) is 1.99. The van der Waals surface area contributed by atoms with Crippen molar-refractivity contribution in [2.75, 3.05) is 7.11 Å². The number of hydrogen-bond acceptors (Lipinski definition) is 4. The smallest absolute Gasteiger partial charge is 0.311 e. The third kappa shape index (κ3) is 2.89. The average Bonchev–Trinajstić information content (AvgIpc) is 2.45. The van der Waals surface area contributed by atoms with E-state index in [4.69, 9.17) is 4.74 Å². The third-order valence-corrected chi connectivity index (χ3v) is 3.61. The molecule has 0 fully saturated rings. The number of amides is 1. The molecule has 1 amide bonds. The number of carbonyl (C=O) groups excluding carboxylic acids is 1. The largest absolute Gasteiger partial charge is 0.490 e. The highest BCUT2D eigenvalue weighted by atomic mass is 16.6. The fourth-order valence-corrected chi connectivity index (χ4v) is 2.53. The summed E-state index contributed by atoms with van der Waals surface area (Å²) in [5.41, 5.74) is 1.97. The van der Waals surface area contributed by atoms with E-state index in [1.54, 1.807) is 12.1 Å². The molecule has 1 aliphatic carbocycles. The number of nitro groups is 1. The number of methoxy groups -OCH3 is 1. The van der Waals surface area contributed by atoms with E-state index in [1.807, 2.05) is 6.92 Å². The summed E-state index contributed by atoms with van der Waals surface area (Å²) in [6, 6.07) is 3.37. The van der Waals surface area contributed by atoms with Gasteiger partial charge >= 0.3 is 5.69 Å². The van der Waals surface area contributed by atoms with Crippen LogP contribution in [0.3, 0.4) is 0 Å². The van der Waals surface area contributed by atoms with Gasteiger partial charge in [-0.15, -0.1) is 0 Å². The van der Waals surface area contributed by atoms with Crippen LogP contribution < -0.4 is 10.1 Å². The molecular weight excluding hydrogens is 260 g/mol. The molecule has 0 bridgehead atoms. The van der Waals surface area contributed by atoms with Crippen molar-refractivity contribution in [2.45, 2.75) is 38.6 Å². The van der Waals surface area contributed by atoms with Gasteiger partial charge in [-0.3, -0.25) is 14.9 Å². The number of rotatable bonds is 4. The third-order valence-electron chi connectivity index (χ3n) is 3.61. The Morgan fingerprint density at radius 3 is 2.85 bits per heavy atom.